The van der Waals surface area contributed by atoms with Crippen LogP contribution in [-0.4, -0.2) is 62.7 Å². The number of aryl methyl sites for hydroxylation is 2. The van der Waals surface area contributed by atoms with Crippen molar-refractivity contribution in [2.75, 3.05) is 24.5 Å². The van der Waals surface area contributed by atoms with E-state index in [2.05, 4.69) is 79.1 Å². The van der Waals surface area contributed by atoms with Gasteiger partial charge < -0.3 is 14.9 Å². The first-order valence-corrected chi connectivity index (χ1v) is 12.8. The molecule has 1 saturated heterocycles. The van der Waals surface area contributed by atoms with Crippen LogP contribution in [-0.2, 0) is 19.5 Å². The van der Waals surface area contributed by atoms with Gasteiger partial charge in [0.05, 0.1) is 5.69 Å². The van der Waals surface area contributed by atoms with Crippen LogP contribution in [0.5, 0.6) is 0 Å². The zero-order valence-electron chi connectivity index (χ0n) is 21.6. The summed E-state index contributed by atoms with van der Waals surface area (Å²) in [6.45, 7) is 12.0. The third-order valence-corrected chi connectivity index (χ3v) is 7.57. The first kappa shape index (κ1) is 24.3. The lowest BCUT2D eigenvalue weighted by molar-refractivity contribution is 0.114. The third-order valence-electron chi connectivity index (χ3n) is 7.57. The Kier molecular flexibility index (Phi) is 6.67. The highest BCUT2D eigenvalue weighted by Crippen LogP contribution is 2.34. The SMILES string of the molecule is Cc1cccc(C)c1-c1nc2c(c(N3C[C@H](C)N(C(=O)O)C[C@H]3C)n1)CN(Cc1ccccc1)CC2. The molecule has 3 aromatic rings. The van der Waals surface area contributed by atoms with E-state index >= 15 is 0 Å². The van der Waals surface area contributed by atoms with Crippen LogP contribution in [0, 0.1) is 13.8 Å². The van der Waals surface area contributed by atoms with Crippen LogP contribution in [0.3, 0.4) is 0 Å². The van der Waals surface area contributed by atoms with Crippen LogP contribution in [0.1, 0.15) is 41.8 Å². The molecule has 36 heavy (non-hydrogen) atoms. The largest absolute Gasteiger partial charge is 0.465 e. The van der Waals surface area contributed by atoms with Gasteiger partial charge in [0, 0.05) is 62.4 Å². The van der Waals surface area contributed by atoms with Crippen molar-refractivity contribution in [3.63, 3.8) is 0 Å². The van der Waals surface area contributed by atoms with Crippen LogP contribution in [0.2, 0.25) is 0 Å². The van der Waals surface area contributed by atoms with Crippen molar-refractivity contribution in [1.82, 2.24) is 19.8 Å². The van der Waals surface area contributed by atoms with Crippen molar-refractivity contribution >= 4 is 11.9 Å². The molecule has 7 heteroatoms. The topological polar surface area (TPSA) is 72.8 Å². The van der Waals surface area contributed by atoms with Crippen LogP contribution >= 0.6 is 0 Å². The number of benzene rings is 2. The van der Waals surface area contributed by atoms with E-state index in [4.69, 9.17) is 9.97 Å². The maximum absolute atomic E-state index is 11.8. The van der Waals surface area contributed by atoms with Gasteiger partial charge in [-0.15, -0.1) is 0 Å². The van der Waals surface area contributed by atoms with Crippen LogP contribution in [0.15, 0.2) is 48.5 Å². The lowest BCUT2D eigenvalue weighted by Gasteiger charge is -2.44. The second-order valence-electron chi connectivity index (χ2n) is 10.3. The molecule has 2 aromatic carbocycles. The fraction of sp³-hybridized carbons (Fsp3) is 0.414. The fourth-order valence-corrected chi connectivity index (χ4v) is 5.63. The maximum Gasteiger partial charge on any atom is 0.407 e. The Morgan fingerprint density at radius 2 is 1.69 bits per heavy atom. The van der Waals surface area contributed by atoms with Crippen molar-refractivity contribution < 1.29 is 9.90 Å². The number of anilines is 1. The average molecular weight is 486 g/mol. The van der Waals surface area contributed by atoms with E-state index in [9.17, 15) is 9.90 Å². The van der Waals surface area contributed by atoms with Gasteiger partial charge in [0.2, 0.25) is 0 Å². The van der Waals surface area contributed by atoms with Gasteiger partial charge in [0.15, 0.2) is 5.82 Å². The van der Waals surface area contributed by atoms with Crippen molar-refractivity contribution in [2.24, 2.45) is 0 Å². The molecule has 0 aliphatic carbocycles. The molecular weight excluding hydrogens is 450 g/mol. The lowest BCUT2D eigenvalue weighted by atomic mass is 9.99. The summed E-state index contributed by atoms with van der Waals surface area (Å²) in [6, 6.07) is 16.8. The molecule has 1 amide bonds. The van der Waals surface area contributed by atoms with Gasteiger partial charge in [-0.2, -0.15) is 0 Å². The van der Waals surface area contributed by atoms with E-state index in [1.807, 2.05) is 6.92 Å². The fourth-order valence-electron chi connectivity index (χ4n) is 5.63. The Morgan fingerprint density at radius 1 is 0.972 bits per heavy atom. The first-order chi connectivity index (χ1) is 17.3. The molecule has 0 saturated carbocycles. The molecule has 1 N–H and O–H groups in total. The van der Waals surface area contributed by atoms with Crippen molar-refractivity contribution in [1.29, 1.82) is 0 Å². The molecule has 0 radical (unpaired) electrons. The summed E-state index contributed by atoms with van der Waals surface area (Å²) in [4.78, 5) is 28.5. The molecule has 0 unspecified atom stereocenters. The van der Waals surface area contributed by atoms with E-state index < -0.39 is 6.09 Å². The number of fused-ring (bicyclic) bond motifs is 1. The number of piperazine rings is 1. The summed E-state index contributed by atoms with van der Waals surface area (Å²) in [7, 11) is 0. The molecule has 2 aliphatic heterocycles. The number of amides is 1. The van der Waals surface area contributed by atoms with Gasteiger partial charge in [-0.3, -0.25) is 4.90 Å². The number of hydrogen-bond donors (Lipinski definition) is 1. The molecular formula is C29H35N5O2. The predicted octanol–water partition coefficient (Wildman–Crippen LogP) is 4.90. The minimum Gasteiger partial charge on any atom is -0.465 e. The zero-order valence-corrected chi connectivity index (χ0v) is 21.6. The molecule has 2 aliphatic rings. The van der Waals surface area contributed by atoms with Gasteiger partial charge in [0.25, 0.3) is 0 Å². The second kappa shape index (κ2) is 9.90. The molecule has 3 heterocycles. The third kappa shape index (κ3) is 4.67. The Bertz CT molecular complexity index is 1240. The van der Waals surface area contributed by atoms with Gasteiger partial charge in [-0.25, -0.2) is 14.8 Å². The van der Waals surface area contributed by atoms with E-state index in [0.717, 1.165) is 49.0 Å². The second-order valence-corrected chi connectivity index (χ2v) is 10.3. The predicted molar refractivity (Wildman–Crippen MR) is 142 cm³/mol. The lowest BCUT2D eigenvalue weighted by Crippen LogP contribution is -2.58. The standard InChI is InChI=1S/C29H35N5O2/c1-19-9-8-10-20(2)26(19)27-30-25-13-14-32(17-23-11-6-5-7-12-23)18-24(25)28(31-27)33-15-22(4)34(29(35)36)16-21(33)3/h5-12,21-22H,13-18H2,1-4H3,(H,35,36)/t21-,22+/m1/s1. The summed E-state index contributed by atoms with van der Waals surface area (Å²) >= 11 is 0. The smallest absolute Gasteiger partial charge is 0.407 e. The molecule has 1 aromatic heterocycles. The summed E-state index contributed by atoms with van der Waals surface area (Å²) < 4.78 is 0. The van der Waals surface area contributed by atoms with Gasteiger partial charge >= 0.3 is 6.09 Å². The molecule has 1 fully saturated rings. The molecule has 5 rings (SSSR count). The maximum atomic E-state index is 11.8. The van der Waals surface area contributed by atoms with E-state index in [1.54, 1.807) is 4.90 Å². The summed E-state index contributed by atoms with van der Waals surface area (Å²) in [6.07, 6.45) is 0.0123. The highest BCUT2D eigenvalue weighted by Gasteiger charge is 2.35. The highest BCUT2D eigenvalue weighted by atomic mass is 16.4. The Balaban J connectivity index is 1.57. The minimum absolute atomic E-state index is 0.0200. The van der Waals surface area contributed by atoms with Crippen molar-refractivity contribution in [3.8, 4) is 11.4 Å². The van der Waals surface area contributed by atoms with Gasteiger partial charge in [-0.1, -0.05) is 48.5 Å². The highest BCUT2D eigenvalue weighted by molar-refractivity contribution is 5.69. The monoisotopic (exact) mass is 485 g/mol. The number of rotatable bonds is 4. The van der Waals surface area contributed by atoms with E-state index in [-0.39, 0.29) is 12.1 Å². The Hall–Kier alpha value is -3.45. The molecule has 7 nitrogen and oxygen atoms in total. The average Bonchev–Trinajstić information content (AvgIpc) is 2.85. The minimum atomic E-state index is -0.857. The number of carboxylic acid groups (broad SMARTS) is 1. The summed E-state index contributed by atoms with van der Waals surface area (Å²) in [5, 5.41) is 9.68. The molecule has 0 bridgehead atoms. The van der Waals surface area contributed by atoms with Crippen LogP contribution in [0.25, 0.3) is 11.4 Å². The molecule has 0 spiro atoms. The van der Waals surface area contributed by atoms with Crippen LogP contribution < -0.4 is 4.90 Å². The number of nitrogens with zero attached hydrogens (tertiary/aromatic N) is 5. The zero-order chi connectivity index (χ0) is 25.4. The quantitative estimate of drug-likeness (QED) is 0.567. The van der Waals surface area contributed by atoms with E-state index in [0.29, 0.717) is 13.1 Å². The van der Waals surface area contributed by atoms with Crippen molar-refractivity contribution in [2.45, 2.75) is 59.3 Å². The van der Waals surface area contributed by atoms with Gasteiger partial charge in [0.1, 0.15) is 5.82 Å². The normalized spacial score (nSPS) is 20.3. The number of aromatic nitrogens is 2. The molecule has 188 valence electrons. The first-order valence-electron chi connectivity index (χ1n) is 12.8. The Labute approximate surface area is 213 Å². The van der Waals surface area contributed by atoms with Crippen LogP contribution in [0.4, 0.5) is 10.6 Å². The van der Waals surface area contributed by atoms with Gasteiger partial charge in [-0.05, 0) is 44.4 Å². The van der Waals surface area contributed by atoms with Crippen molar-refractivity contribution in [3.05, 3.63) is 76.5 Å². The van der Waals surface area contributed by atoms with E-state index in [1.165, 1.54) is 22.3 Å². The summed E-state index contributed by atoms with van der Waals surface area (Å²) in [5.74, 6) is 1.73. The molecule has 2 atom stereocenters. The Morgan fingerprint density at radius 3 is 2.39 bits per heavy atom. The number of carbonyl (C=O) groups is 1. The number of hydrogen-bond acceptors (Lipinski definition) is 5. The summed E-state index contributed by atoms with van der Waals surface area (Å²) in [5.41, 5.74) is 7.02.